The number of nitrogens with zero attached hydrogens (tertiary/aromatic N) is 4. The van der Waals surface area contributed by atoms with Crippen LogP contribution < -0.4 is 11.2 Å². The van der Waals surface area contributed by atoms with Crippen LogP contribution in [0.1, 0.15) is 26.7 Å². The first-order valence-corrected chi connectivity index (χ1v) is 7.89. The summed E-state index contributed by atoms with van der Waals surface area (Å²) in [5.74, 6) is 0. The Morgan fingerprint density at radius 3 is 2.50 bits per heavy atom. The average Bonchev–Trinajstić information content (AvgIpc) is 2.85. The van der Waals surface area contributed by atoms with Gasteiger partial charge >= 0.3 is 5.69 Å². The lowest BCUT2D eigenvalue weighted by Gasteiger charge is -2.29. The van der Waals surface area contributed by atoms with Gasteiger partial charge in [0.25, 0.3) is 5.56 Å². The monoisotopic (exact) mass is 308 g/mol. The highest BCUT2D eigenvalue weighted by Gasteiger charge is 2.17. The first kappa shape index (κ1) is 16.5. The van der Waals surface area contributed by atoms with E-state index in [9.17, 15) is 9.59 Å². The second-order valence-electron chi connectivity index (χ2n) is 6.40. The number of hydrogen-bond donors (Lipinski definition) is 1. The Bertz CT molecular complexity index is 753. The Kier molecular flexibility index (Phi) is 4.85. The van der Waals surface area contributed by atoms with Crippen molar-refractivity contribution in [3.63, 3.8) is 0 Å². The Morgan fingerprint density at radius 1 is 1.14 bits per heavy atom. The molecule has 22 heavy (non-hydrogen) atoms. The van der Waals surface area contributed by atoms with E-state index in [1.165, 1.54) is 0 Å². The van der Waals surface area contributed by atoms with Gasteiger partial charge in [-0.3, -0.25) is 14.3 Å². The first-order chi connectivity index (χ1) is 10.4. The summed E-state index contributed by atoms with van der Waals surface area (Å²) in [7, 11) is 4.36. The van der Waals surface area contributed by atoms with E-state index in [4.69, 9.17) is 0 Å². The third-order valence-corrected chi connectivity index (χ3v) is 3.98. The number of rotatable bonds is 7. The minimum absolute atomic E-state index is 0.356. The maximum atomic E-state index is 12.2. The molecule has 0 aromatic carbocycles. The van der Waals surface area contributed by atoms with Gasteiger partial charge in [-0.1, -0.05) is 13.8 Å². The Balaban J connectivity index is 2.39. The second kappa shape index (κ2) is 6.48. The van der Waals surface area contributed by atoms with Gasteiger partial charge in [0.15, 0.2) is 11.2 Å². The molecule has 7 heteroatoms. The van der Waals surface area contributed by atoms with Gasteiger partial charge in [0.2, 0.25) is 0 Å². The maximum absolute atomic E-state index is 12.2. The van der Waals surface area contributed by atoms with Crippen LogP contribution in [0.25, 0.3) is 11.2 Å². The lowest BCUT2D eigenvalue weighted by molar-refractivity contribution is -0.890. The first-order valence-electron chi connectivity index (χ1n) is 7.89. The van der Waals surface area contributed by atoms with Crippen LogP contribution in [0.4, 0.5) is 0 Å². The SMILES string of the molecule is CCCn1c(=O)[nH]c(=O)c2c1ncn2CC[N+](C)(C)CCC. The van der Waals surface area contributed by atoms with Crippen LogP contribution in [0, 0.1) is 0 Å². The Labute approximate surface area is 129 Å². The molecule has 0 fully saturated rings. The summed E-state index contributed by atoms with van der Waals surface area (Å²) in [6, 6.07) is 0. The Morgan fingerprint density at radius 2 is 1.86 bits per heavy atom. The quantitative estimate of drug-likeness (QED) is 0.768. The lowest BCUT2D eigenvalue weighted by atomic mass is 10.3. The molecule has 0 aliphatic rings. The normalized spacial score (nSPS) is 12.2. The minimum atomic E-state index is -0.383. The van der Waals surface area contributed by atoms with Crippen molar-refractivity contribution in [2.24, 2.45) is 0 Å². The molecule has 0 aliphatic heterocycles. The average molecular weight is 308 g/mol. The molecule has 0 unspecified atom stereocenters. The van der Waals surface area contributed by atoms with Crippen molar-refractivity contribution in [1.29, 1.82) is 0 Å². The minimum Gasteiger partial charge on any atom is -0.327 e. The van der Waals surface area contributed by atoms with Crippen molar-refractivity contribution < 1.29 is 4.48 Å². The number of nitrogens with one attached hydrogen (secondary N) is 1. The Hall–Kier alpha value is -1.89. The molecular formula is C15H26N5O2+. The number of quaternary nitrogens is 1. The molecule has 0 spiro atoms. The van der Waals surface area contributed by atoms with E-state index < -0.39 is 0 Å². The van der Waals surface area contributed by atoms with Gasteiger partial charge in [0.05, 0.1) is 40.1 Å². The summed E-state index contributed by atoms with van der Waals surface area (Å²) in [5, 5.41) is 0. The molecule has 0 aliphatic carbocycles. The topological polar surface area (TPSA) is 72.7 Å². The van der Waals surface area contributed by atoms with Gasteiger partial charge in [-0.2, -0.15) is 0 Å². The predicted molar refractivity (Wildman–Crippen MR) is 87.0 cm³/mol. The zero-order chi connectivity index (χ0) is 16.3. The highest BCUT2D eigenvalue weighted by atomic mass is 16.2. The lowest BCUT2D eigenvalue weighted by Crippen LogP contribution is -2.42. The maximum Gasteiger partial charge on any atom is 0.330 e. The van der Waals surface area contributed by atoms with Crippen LogP contribution in [0.3, 0.4) is 0 Å². The summed E-state index contributed by atoms with van der Waals surface area (Å²) in [6.07, 6.45) is 3.60. The number of aromatic nitrogens is 4. The highest BCUT2D eigenvalue weighted by Crippen LogP contribution is 2.08. The van der Waals surface area contributed by atoms with E-state index in [0.717, 1.165) is 30.4 Å². The molecule has 0 radical (unpaired) electrons. The number of H-pyrrole nitrogens is 1. The molecule has 1 N–H and O–H groups in total. The fourth-order valence-electron chi connectivity index (χ4n) is 2.82. The van der Waals surface area contributed by atoms with E-state index in [0.29, 0.717) is 24.3 Å². The highest BCUT2D eigenvalue weighted by molar-refractivity contribution is 5.69. The van der Waals surface area contributed by atoms with Crippen molar-refractivity contribution in [1.82, 2.24) is 19.1 Å². The molecule has 0 atom stereocenters. The van der Waals surface area contributed by atoms with Gasteiger partial charge < -0.3 is 9.05 Å². The number of imidazole rings is 1. The van der Waals surface area contributed by atoms with Crippen molar-refractivity contribution in [3.05, 3.63) is 27.2 Å². The fourth-order valence-corrected chi connectivity index (χ4v) is 2.82. The van der Waals surface area contributed by atoms with E-state index >= 15 is 0 Å². The van der Waals surface area contributed by atoms with E-state index in [1.807, 2.05) is 11.5 Å². The predicted octanol–water partition coefficient (Wildman–Crippen LogP) is 0.783. The van der Waals surface area contributed by atoms with E-state index in [2.05, 4.69) is 31.0 Å². The van der Waals surface area contributed by atoms with E-state index in [1.54, 1.807) is 10.9 Å². The van der Waals surface area contributed by atoms with Crippen molar-refractivity contribution in [2.75, 3.05) is 27.2 Å². The zero-order valence-electron chi connectivity index (χ0n) is 13.9. The van der Waals surface area contributed by atoms with Crippen LogP contribution in [-0.4, -0.2) is 50.8 Å². The molecule has 122 valence electrons. The third-order valence-electron chi connectivity index (χ3n) is 3.98. The molecular weight excluding hydrogens is 282 g/mol. The summed E-state index contributed by atoms with van der Waals surface area (Å²) in [5.41, 5.74) is 0.235. The van der Waals surface area contributed by atoms with Gasteiger partial charge in [0.1, 0.15) is 0 Å². The van der Waals surface area contributed by atoms with Crippen LogP contribution >= 0.6 is 0 Å². The van der Waals surface area contributed by atoms with Crippen LogP contribution in [0.2, 0.25) is 0 Å². The summed E-state index contributed by atoms with van der Waals surface area (Å²) in [4.78, 5) is 30.8. The standard InChI is InChI=1S/C15H25N5O2/c1-5-7-19-13-12(14(21)17-15(19)22)18(11-16-13)8-10-20(3,4)9-6-2/h11H,5-10H2,1-4H3/p+1. The molecule has 2 aromatic rings. The number of fused-ring (bicyclic) bond motifs is 1. The molecule has 2 rings (SSSR count). The largest absolute Gasteiger partial charge is 0.330 e. The van der Waals surface area contributed by atoms with Crippen molar-refractivity contribution >= 4 is 11.2 Å². The molecule has 2 heterocycles. The van der Waals surface area contributed by atoms with Gasteiger partial charge in [-0.05, 0) is 12.8 Å². The second-order valence-corrected chi connectivity index (χ2v) is 6.40. The van der Waals surface area contributed by atoms with Crippen LogP contribution in [0.15, 0.2) is 15.9 Å². The van der Waals surface area contributed by atoms with Crippen LogP contribution in [-0.2, 0) is 13.1 Å². The zero-order valence-corrected chi connectivity index (χ0v) is 13.9. The van der Waals surface area contributed by atoms with E-state index in [-0.39, 0.29) is 11.2 Å². The molecule has 0 saturated carbocycles. The molecule has 0 bridgehead atoms. The summed E-state index contributed by atoms with van der Waals surface area (Å²) >= 11 is 0. The molecule has 2 aromatic heterocycles. The van der Waals surface area contributed by atoms with Gasteiger partial charge in [-0.15, -0.1) is 0 Å². The summed E-state index contributed by atoms with van der Waals surface area (Å²) < 4.78 is 4.29. The van der Waals surface area contributed by atoms with Crippen molar-refractivity contribution in [3.8, 4) is 0 Å². The van der Waals surface area contributed by atoms with Gasteiger partial charge in [-0.25, -0.2) is 9.78 Å². The van der Waals surface area contributed by atoms with Crippen molar-refractivity contribution in [2.45, 2.75) is 39.8 Å². The number of hydrogen-bond acceptors (Lipinski definition) is 3. The molecule has 0 saturated heterocycles. The van der Waals surface area contributed by atoms with Gasteiger partial charge in [0, 0.05) is 6.54 Å². The number of aromatic amines is 1. The molecule has 7 nitrogen and oxygen atoms in total. The third kappa shape index (κ3) is 3.30. The summed E-state index contributed by atoms with van der Waals surface area (Å²) in [6.45, 7) is 7.42. The van der Waals surface area contributed by atoms with Crippen LogP contribution in [0.5, 0.6) is 0 Å². The fraction of sp³-hybridized carbons (Fsp3) is 0.667. The smallest absolute Gasteiger partial charge is 0.327 e. The number of likely N-dealkylation sites (N-methyl/N-ethyl adjacent to an activating group) is 1. The number of aryl methyl sites for hydroxylation is 1. The molecule has 0 amide bonds.